The Kier molecular flexibility index (Phi) is 4.66. The summed E-state index contributed by atoms with van der Waals surface area (Å²) in [4.78, 5) is 16.0. The molecule has 2 atom stereocenters. The van der Waals surface area contributed by atoms with Crippen LogP contribution in [-0.2, 0) is 9.57 Å². The minimum atomic E-state index is -0.512. The molecule has 0 aromatic carbocycles. The summed E-state index contributed by atoms with van der Waals surface area (Å²) in [5, 5.41) is 10.5. The highest BCUT2D eigenvalue weighted by Gasteiger charge is 2.66. The van der Waals surface area contributed by atoms with Crippen LogP contribution < -0.4 is 10.7 Å². The number of nitrogens with zero attached hydrogens (tertiary/aromatic N) is 6. The third-order valence-corrected chi connectivity index (χ3v) is 6.86. The summed E-state index contributed by atoms with van der Waals surface area (Å²) in [7, 11) is 0. The molecule has 160 valence electrons. The van der Waals surface area contributed by atoms with E-state index in [2.05, 4.69) is 40.7 Å². The Hall–Kier alpha value is -1.43. The number of likely N-dealkylation sites (tertiary alicyclic amines) is 1. The molecule has 0 aliphatic carbocycles. The number of aliphatic imine (C=N–C) groups is 1. The Morgan fingerprint density at radius 3 is 2.52 bits per heavy atom. The second-order valence-corrected chi connectivity index (χ2v) is 8.58. The molecule has 2 unspecified atom stereocenters. The van der Waals surface area contributed by atoms with Crippen LogP contribution in [0.2, 0.25) is 0 Å². The van der Waals surface area contributed by atoms with Gasteiger partial charge in [0.1, 0.15) is 5.70 Å². The van der Waals surface area contributed by atoms with E-state index in [0.29, 0.717) is 0 Å². The van der Waals surface area contributed by atoms with E-state index in [1.54, 1.807) is 0 Å². The van der Waals surface area contributed by atoms with Crippen LogP contribution in [0.4, 0.5) is 0 Å². The van der Waals surface area contributed by atoms with Gasteiger partial charge in [0.2, 0.25) is 11.5 Å². The molecular formula is C19H32N8O2. The molecule has 2 N–H and O–H groups in total. The van der Waals surface area contributed by atoms with Crippen molar-refractivity contribution in [1.82, 2.24) is 35.7 Å². The maximum absolute atomic E-state index is 6.77. The normalized spacial score (nSPS) is 36.6. The second-order valence-electron chi connectivity index (χ2n) is 8.58. The number of ether oxygens (including phenoxy) is 1. The van der Waals surface area contributed by atoms with Gasteiger partial charge in [-0.2, -0.15) is 0 Å². The fourth-order valence-electron chi connectivity index (χ4n) is 5.36. The summed E-state index contributed by atoms with van der Waals surface area (Å²) in [5.41, 5.74) is 4.28. The van der Waals surface area contributed by atoms with Gasteiger partial charge in [-0.1, -0.05) is 0 Å². The number of hydrogen-bond donors (Lipinski definition) is 2. The molecule has 10 nitrogen and oxygen atoms in total. The van der Waals surface area contributed by atoms with Crippen molar-refractivity contribution in [2.45, 2.75) is 37.6 Å². The standard InChI is InChI=1S/C19H32N8O2/c1-2-11-25(10-1)27-19(24-8-4-9-24,18-21-7-14-28-18)16(26-12-3-5-22-26)17(29-27)23-13-6-20-15-23/h15,18,21-22H,1-14H2. The van der Waals surface area contributed by atoms with E-state index >= 15 is 0 Å². The highest BCUT2D eigenvalue weighted by Crippen LogP contribution is 2.48. The van der Waals surface area contributed by atoms with Crippen LogP contribution in [-0.4, -0.2) is 109 Å². The maximum atomic E-state index is 6.77. The molecule has 0 radical (unpaired) electrons. The topological polar surface area (TPSA) is 71.1 Å². The number of hydrogen-bond acceptors (Lipinski definition) is 10. The zero-order valence-corrected chi connectivity index (χ0v) is 17.1. The monoisotopic (exact) mass is 404 g/mol. The zero-order chi connectivity index (χ0) is 19.3. The van der Waals surface area contributed by atoms with Gasteiger partial charge in [-0.25, -0.2) is 10.4 Å². The molecule has 6 aliphatic rings. The summed E-state index contributed by atoms with van der Waals surface area (Å²) < 4.78 is 6.35. The molecule has 6 heterocycles. The van der Waals surface area contributed by atoms with E-state index in [1.807, 2.05) is 6.34 Å². The van der Waals surface area contributed by atoms with E-state index in [9.17, 15) is 0 Å². The number of nitrogens with one attached hydrogen (secondary N) is 2. The molecule has 6 aliphatic heterocycles. The first-order valence-electron chi connectivity index (χ1n) is 11.2. The van der Waals surface area contributed by atoms with Gasteiger partial charge >= 0.3 is 0 Å². The summed E-state index contributed by atoms with van der Waals surface area (Å²) in [5.74, 6) is 0.900. The highest BCUT2D eigenvalue weighted by molar-refractivity contribution is 5.60. The van der Waals surface area contributed by atoms with Gasteiger partial charge in [-0.3, -0.25) is 20.1 Å². The summed E-state index contributed by atoms with van der Waals surface area (Å²) in [6, 6.07) is 0. The fraction of sp³-hybridized carbons (Fsp3) is 0.842. The summed E-state index contributed by atoms with van der Waals surface area (Å²) >= 11 is 0. The lowest BCUT2D eigenvalue weighted by molar-refractivity contribution is -0.345. The van der Waals surface area contributed by atoms with Crippen molar-refractivity contribution in [3.8, 4) is 0 Å². The Balaban J connectivity index is 1.51. The van der Waals surface area contributed by atoms with Crippen molar-refractivity contribution in [2.24, 2.45) is 4.99 Å². The average molecular weight is 405 g/mol. The largest absolute Gasteiger partial charge is 0.368 e. The van der Waals surface area contributed by atoms with Crippen LogP contribution in [0.1, 0.15) is 25.7 Å². The van der Waals surface area contributed by atoms with Crippen LogP contribution in [0, 0.1) is 0 Å². The fourth-order valence-corrected chi connectivity index (χ4v) is 5.36. The van der Waals surface area contributed by atoms with Crippen LogP contribution in [0.3, 0.4) is 0 Å². The van der Waals surface area contributed by atoms with Gasteiger partial charge in [-0.05, 0) is 30.9 Å². The molecule has 0 aromatic heterocycles. The molecule has 0 aromatic rings. The van der Waals surface area contributed by atoms with Gasteiger partial charge < -0.3 is 14.6 Å². The third kappa shape index (κ3) is 2.74. The lowest BCUT2D eigenvalue weighted by Crippen LogP contribution is -2.75. The van der Waals surface area contributed by atoms with Crippen molar-refractivity contribution in [3.63, 3.8) is 0 Å². The van der Waals surface area contributed by atoms with Crippen molar-refractivity contribution in [2.75, 3.05) is 65.5 Å². The average Bonchev–Trinajstić information content (AvgIpc) is 3.53. The maximum Gasteiger partial charge on any atom is 0.246 e. The van der Waals surface area contributed by atoms with Crippen LogP contribution >= 0.6 is 0 Å². The summed E-state index contributed by atoms with van der Waals surface area (Å²) in [6.07, 6.45) is 6.53. The van der Waals surface area contributed by atoms with Crippen molar-refractivity contribution >= 4 is 6.34 Å². The van der Waals surface area contributed by atoms with Crippen LogP contribution in [0.15, 0.2) is 16.6 Å². The predicted molar refractivity (Wildman–Crippen MR) is 107 cm³/mol. The zero-order valence-electron chi connectivity index (χ0n) is 17.1. The SMILES string of the molecule is C1=NCCN1C1=C(N2CCCN2)C(C2NCCO2)(N2CCC2)N(N2CCCC2)O1. The van der Waals surface area contributed by atoms with Gasteiger partial charge in [0.05, 0.1) is 19.5 Å². The summed E-state index contributed by atoms with van der Waals surface area (Å²) in [6.45, 7) is 9.37. The van der Waals surface area contributed by atoms with Gasteiger partial charge in [0.15, 0.2) is 6.23 Å². The van der Waals surface area contributed by atoms with Gasteiger partial charge in [0, 0.05) is 52.4 Å². The third-order valence-electron chi connectivity index (χ3n) is 6.86. The Morgan fingerprint density at radius 2 is 1.90 bits per heavy atom. The Morgan fingerprint density at radius 1 is 1.00 bits per heavy atom. The molecule has 4 fully saturated rings. The Bertz CT molecular complexity index is 680. The molecule has 6 rings (SSSR count). The lowest BCUT2D eigenvalue weighted by Gasteiger charge is -2.54. The van der Waals surface area contributed by atoms with E-state index in [4.69, 9.17) is 9.57 Å². The molecule has 0 saturated carbocycles. The first kappa shape index (κ1) is 18.3. The second kappa shape index (κ2) is 7.36. The molecule has 0 spiro atoms. The Labute approximate surface area is 171 Å². The number of hydroxylamine groups is 1. The van der Waals surface area contributed by atoms with Gasteiger partial charge in [0.25, 0.3) is 0 Å². The van der Waals surface area contributed by atoms with E-state index in [1.165, 1.54) is 25.0 Å². The minimum absolute atomic E-state index is 0.141. The van der Waals surface area contributed by atoms with E-state index < -0.39 is 5.66 Å². The van der Waals surface area contributed by atoms with E-state index in [-0.39, 0.29) is 6.23 Å². The molecule has 4 saturated heterocycles. The minimum Gasteiger partial charge on any atom is -0.368 e. The van der Waals surface area contributed by atoms with E-state index in [0.717, 1.165) is 77.8 Å². The molecule has 0 amide bonds. The predicted octanol–water partition coefficient (Wildman–Crippen LogP) is -0.684. The van der Waals surface area contributed by atoms with Crippen molar-refractivity contribution in [3.05, 3.63) is 11.6 Å². The first-order valence-corrected chi connectivity index (χ1v) is 11.2. The van der Waals surface area contributed by atoms with Gasteiger partial charge in [-0.15, -0.1) is 0 Å². The van der Waals surface area contributed by atoms with Crippen LogP contribution in [0.25, 0.3) is 0 Å². The first-order chi connectivity index (χ1) is 14.4. The molecule has 10 heteroatoms. The van der Waals surface area contributed by atoms with Crippen molar-refractivity contribution < 1.29 is 9.57 Å². The molecule has 29 heavy (non-hydrogen) atoms. The molecular weight excluding hydrogens is 372 g/mol. The number of rotatable bonds is 5. The lowest BCUT2D eigenvalue weighted by atomic mass is 9.96. The van der Waals surface area contributed by atoms with Crippen LogP contribution in [0.5, 0.6) is 0 Å². The molecule has 0 bridgehead atoms. The quantitative estimate of drug-likeness (QED) is 0.620. The smallest absolute Gasteiger partial charge is 0.246 e. The highest BCUT2D eigenvalue weighted by atomic mass is 16.7. The number of hydrazine groups is 2. The van der Waals surface area contributed by atoms with Crippen molar-refractivity contribution in [1.29, 1.82) is 0 Å².